The Labute approximate surface area is 368 Å². The van der Waals surface area contributed by atoms with Crippen LogP contribution >= 0.6 is 0 Å². The van der Waals surface area contributed by atoms with Crippen molar-refractivity contribution in [2.75, 3.05) is 26.3 Å². The molecule has 0 saturated heterocycles. The van der Waals surface area contributed by atoms with Gasteiger partial charge in [-0.15, -0.1) is 0 Å². The maximum Gasteiger partial charge on any atom is 0.329 e. The molecule has 4 amide bonds. The minimum atomic E-state index is -1.05. The number of hydrogen-bond acceptors (Lipinski definition) is 10. The number of amides is 4. The number of benzene rings is 4. The second kappa shape index (κ2) is 22.5. The summed E-state index contributed by atoms with van der Waals surface area (Å²) in [5, 5.41) is 12.4. The van der Waals surface area contributed by atoms with E-state index in [4.69, 9.17) is 18.7 Å². The maximum atomic E-state index is 15.1. The van der Waals surface area contributed by atoms with Crippen molar-refractivity contribution < 1.29 is 33.1 Å². The van der Waals surface area contributed by atoms with Crippen molar-refractivity contribution in [2.24, 2.45) is 0 Å². The van der Waals surface area contributed by atoms with Crippen LogP contribution in [-0.2, 0) is 45.1 Å². The third kappa shape index (κ3) is 14.2. The van der Waals surface area contributed by atoms with Crippen LogP contribution in [0, 0.1) is 0 Å². The summed E-state index contributed by atoms with van der Waals surface area (Å²) >= 11 is 0. The quantitative estimate of drug-likeness (QED) is 0.0491. The number of ether oxygens (including phenoxy) is 3. The first kappa shape index (κ1) is 45.9. The number of carbonyl (C=O) groups is 3. The Hall–Kier alpha value is -6.61. The van der Waals surface area contributed by atoms with Gasteiger partial charge in [-0.3, -0.25) is 20.0 Å². The summed E-state index contributed by atoms with van der Waals surface area (Å²) in [4.78, 5) is 48.9. The SMILES string of the molecule is CCOC(CN(Cc1cccc2ncccc12)C(=O)[C@H](Cc1ccc(OC(C)(C)C)cc1)NC(=O)CN(Cc1cc(-c2ccccc2)no1)NC(=O)NCc1ccccc1)OCC. The third-order valence-corrected chi connectivity index (χ3v) is 9.77. The van der Waals surface area contributed by atoms with Crippen LogP contribution in [0.4, 0.5) is 4.79 Å². The highest BCUT2D eigenvalue weighted by Crippen LogP contribution is 2.23. The standard InChI is InChI=1S/C49H57N7O7/c1-6-60-46(61-7-2)34-55(31-38-20-14-22-42-41(38)21-15-27-50-42)47(58)44(28-35-23-25-39(26-24-35)62-49(3,4)5)52-45(57)33-56(53-48(59)51-30-36-16-10-8-11-17-36)32-40-29-43(54-63-40)37-18-12-9-13-19-37/h8-27,29,44,46H,6-7,28,30-34H2,1-5H3,(H,52,57)(H2,51,53,59)/t44-/m0/s1. The van der Waals surface area contributed by atoms with Crippen molar-refractivity contribution in [1.82, 2.24) is 36.1 Å². The molecule has 2 heterocycles. The molecule has 6 aromatic rings. The highest BCUT2D eigenvalue weighted by atomic mass is 16.7. The molecule has 330 valence electrons. The van der Waals surface area contributed by atoms with Crippen LogP contribution in [-0.4, -0.2) is 82.1 Å². The lowest BCUT2D eigenvalue weighted by atomic mass is 10.0. The summed E-state index contributed by atoms with van der Waals surface area (Å²) in [5.41, 5.74) is 7.21. The van der Waals surface area contributed by atoms with E-state index in [0.717, 1.165) is 33.2 Å². The minimum Gasteiger partial charge on any atom is -0.488 e. The number of hydrazine groups is 1. The number of carbonyl (C=O) groups excluding carboxylic acids is 3. The van der Waals surface area contributed by atoms with Gasteiger partial charge in [-0.25, -0.2) is 9.80 Å². The van der Waals surface area contributed by atoms with Crippen LogP contribution in [0.5, 0.6) is 5.75 Å². The molecule has 0 bridgehead atoms. The van der Waals surface area contributed by atoms with Gasteiger partial charge in [-0.05, 0) is 75.6 Å². The van der Waals surface area contributed by atoms with E-state index in [2.05, 4.69) is 26.2 Å². The molecule has 0 radical (unpaired) electrons. The molecule has 0 aliphatic rings. The second-order valence-corrected chi connectivity index (χ2v) is 15.9. The number of nitrogens with one attached hydrogen (secondary N) is 3. The predicted molar refractivity (Wildman–Crippen MR) is 241 cm³/mol. The van der Waals surface area contributed by atoms with Crippen LogP contribution in [0.3, 0.4) is 0 Å². The normalized spacial score (nSPS) is 12.0. The van der Waals surface area contributed by atoms with Gasteiger partial charge in [-0.2, -0.15) is 0 Å². The van der Waals surface area contributed by atoms with Crippen LogP contribution in [0.1, 0.15) is 57.1 Å². The van der Waals surface area contributed by atoms with Gasteiger partial charge >= 0.3 is 6.03 Å². The molecular weight excluding hydrogens is 799 g/mol. The number of fused-ring (bicyclic) bond motifs is 1. The Bertz CT molecular complexity index is 2360. The summed E-state index contributed by atoms with van der Waals surface area (Å²) in [6.07, 6.45) is 1.16. The fraction of sp³-hybridized carbons (Fsp3) is 0.327. The van der Waals surface area contributed by atoms with E-state index < -0.39 is 29.9 Å². The molecule has 1 atom stereocenters. The van der Waals surface area contributed by atoms with Crippen LogP contribution in [0.15, 0.2) is 132 Å². The Morgan fingerprint density at radius 3 is 2.21 bits per heavy atom. The summed E-state index contributed by atoms with van der Waals surface area (Å²) in [6.45, 7) is 10.6. The summed E-state index contributed by atoms with van der Waals surface area (Å²) in [5.74, 6) is 0.207. The molecule has 2 aromatic heterocycles. The van der Waals surface area contributed by atoms with Crippen molar-refractivity contribution in [3.8, 4) is 17.0 Å². The monoisotopic (exact) mass is 855 g/mol. The average molecular weight is 856 g/mol. The zero-order valence-corrected chi connectivity index (χ0v) is 36.6. The number of rotatable bonds is 21. The fourth-order valence-electron chi connectivity index (χ4n) is 6.98. The molecular formula is C49H57N7O7. The molecule has 4 aromatic carbocycles. The van der Waals surface area contributed by atoms with Gasteiger partial charge in [0.05, 0.1) is 25.2 Å². The largest absolute Gasteiger partial charge is 0.488 e. The van der Waals surface area contributed by atoms with Crippen molar-refractivity contribution >= 4 is 28.7 Å². The van der Waals surface area contributed by atoms with E-state index in [0.29, 0.717) is 30.4 Å². The third-order valence-electron chi connectivity index (χ3n) is 9.77. The van der Waals surface area contributed by atoms with Crippen molar-refractivity contribution in [3.63, 3.8) is 0 Å². The van der Waals surface area contributed by atoms with E-state index >= 15 is 4.79 Å². The first-order valence-corrected chi connectivity index (χ1v) is 21.2. The number of urea groups is 1. The molecule has 3 N–H and O–H groups in total. The number of aromatic nitrogens is 2. The molecule has 0 unspecified atom stereocenters. The molecule has 0 fully saturated rings. The summed E-state index contributed by atoms with van der Waals surface area (Å²) < 4.78 is 23.6. The van der Waals surface area contributed by atoms with Crippen molar-refractivity contribution in [1.29, 1.82) is 0 Å². The Balaban J connectivity index is 1.28. The van der Waals surface area contributed by atoms with E-state index in [9.17, 15) is 9.59 Å². The number of pyridine rings is 1. The minimum absolute atomic E-state index is 0.00843. The molecule has 14 heteroatoms. The van der Waals surface area contributed by atoms with Gasteiger partial charge < -0.3 is 34.3 Å². The van der Waals surface area contributed by atoms with Gasteiger partial charge in [0.25, 0.3) is 0 Å². The van der Waals surface area contributed by atoms with Crippen molar-refractivity contribution in [3.05, 3.63) is 150 Å². The van der Waals surface area contributed by atoms with Gasteiger partial charge in [0, 0.05) is 55.9 Å². The topological polar surface area (TPSA) is 160 Å². The van der Waals surface area contributed by atoms with Gasteiger partial charge in [0.1, 0.15) is 23.1 Å². The lowest BCUT2D eigenvalue weighted by Crippen LogP contribution is -2.55. The maximum absolute atomic E-state index is 15.1. The van der Waals surface area contributed by atoms with Gasteiger partial charge in [0.15, 0.2) is 12.1 Å². The molecule has 63 heavy (non-hydrogen) atoms. The molecule has 6 rings (SSSR count). The molecule has 0 aliphatic carbocycles. The van der Waals surface area contributed by atoms with Crippen LogP contribution in [0.25, 0.3) is 22.2 Å². The van der Waals surface area contributed by atoms with E-state index in [1.165, 1.54) is 5.01 Å². The lowest BCUT2D eigenvalue weighted by Gasteiger charge is -2.32. The Morgan fingerprint density at radius 2 is 1.51 bits per heavy atom. The lowest BCUT2D eigenvalue weighted by molar-refractivity contribution is -0.161. The smallest absolute Gasteiger partial charge is 0.329 e. The van der Waals surface area contributed by atoms with Gasteiger partial charge in [0.2, 0.25) is 11.8 Å². The van der Waals surface area contributed by atoms with E-state index in [1.54, 1.807) is 17.2 Å². The highest BCUT2D eigenvalue weighted by molar-refractivity contribution is 5.89. The first-order chi connectivity index (χ1) is 30.5. The van der Waals surface area contributed by atoms with Gasteiger partial charge in [-0.1, -0.05) is 96.2 Å². The van der Waals surface area contributed by atoms with Crippen LogP contribution < -0.4 is 20.8 Å². The van der Waals surface area contributed by atoms with Crippen molar-refractivity contribution in [2.45, 2.75) is 78.6 Å². The van der Waals surface area contributed by atoms with E-state index in [-0.39, 0.29) is 45.1 Å². The Morgan fingerprint density at radius 1 is 0.794 bits per heavy atom. The second-order valence-electron chi connectivity index (χ2n) is 15.9. The Kier molecular flexibility index (Phi) is 16.4. The van der Waals surface area contributed by atoms with E-state index in [1.807, 2.05) is 150 Å². The number of hydrogen-bond donors (Lipinski definition) is 3. The molecule has 0 saturated carbocycles. The zero-order chi connectivity index (χ0) is 44.6. The zero-order valence-electron chi connectivity index (χ0n) is 36.6. The molecule has 14 nitrogen and oxygen atoms in total. The number of nitrogens with zero attached hydrogens (tertiary/aromatic N) is 4. The summed E-state index contributed by atoms with van der Waals surface area (Å²) in [7, 11) is 0. The average Bonchev–Trinajstić information content (AvgIpc) is 3.74. The van der Waals surface area contributed by atoms with Crippen LogP contribution in [0.2, 0.25) is 0 Å². The molecule has 0 aliphatic heterocycles. The predicted octanol–water partition coefficient (Wildman–Crippen LogP) is 7.44. The molecule has 0 spiro atoms. The summed E-state index contributed by atoms with van der Waals surface area (Å²) in [6, 6.07) is 36.3. The highest BCUT2D eigenvalue weighted by Gasteiger charge is 2.30. The fourth-order valence-corrected chi connectivity index (χ4v) is 6.98. The first-order valence-electron chi connectivity index (χ1n) is 21.2.